The molecule has 0 aliphatic carbocycles. The zero-order valence-corrected chi connectivity index (χ0v) is 19.7. The number of carbonyl (C=O) groups is 1. The average molecular weight is 497 g/mol. The van der Waals surface area contributed by atoms with Gasteiger partial charge in [-0.25, -0.2) is 0 Å². The fraction of sp³-hybridized carbons (Fsp3) is 0.480. The fourth-order valence-electron chi connectivity index (χ4n) is 4.74. The van der Waals surface area contributed by atoms with Crippen LogP contribution in [-0.2, 0) is 15.7 Å². The van der Waals surface area contributed by atoms with Gasteiger partial charge in [-0.2, -0.15) is 13.2 Å². The van der Waals surface area contributed by atoms with Crippen molar-refractivity contribution < 1.29 is 27.4 Å². The molecule has 2 atom stereocenters. The van der Waals surface area contributed by atoms with Crippen molar-refractivity contribution in [3.8, 4) is 5.75 Å². The Labute approximate surface area is 202 Å². The number of ether oxygens (including phenoxy) is 2. The maximum atomic E-state index is 13.6. The van der Waals surface area contributed by atoms with Crippen molar-refractivity contribution in [1.29, 1.82) is 0 Å². The lowest BCUT2D eigenvalue weighted by Gasteiger charge is -2.43. The predicted molar refractivity (Wildman–Crippen MR) is 123 cm³/mol. The number of amides is 1. The average Bonchev–Trinajstić information content (AvgIpc) is 3.28. The Morgan fingerprint density at radius 3 is 2.65 bits per heavy atom. The van der Waals surface area contributed by atoms with E-state index in [4.69, 9.17) is 21.1 Å². The molecule has 184 valence electrons. The molecule has 2 aliphatic heterocycles. The smallest absolute Gasteiger partial charge is 0.416 e. The summed E-state index contributed by atoms with van der Waals surface area (Å²) in [6.07, 6.45) is -3.03. The highest BCUT2D eigenvalue weighted by Crippen LogP contribution is 2.35. The molecule has 0 spiro atoms. The van der Waals surface area contributed by atoms with E-state index in [0.717, 1.165) is 17.7 Å². The molecular formula is C25H28ClF3N2O3. The molecule has 2 aliphatic rings. The highest BCUT2D eigenvalue weighted by Gasteiger charge is 2.48. The van der Waals surface area contributed by atoms with Crippen LogP contribution in [0.25, 0.3) is 0 Å². The molecule has 1 amide bonds. The molecule has 2 fully saturated rings. The molecule has 0 saturated carbocycles. The highest BCUT2D eigenvalue weighted by molar-refractivity contribution is 6.30. The Morgan fingerprint density at radius 2 is 1.94 bits per heavy atom. The molecule has 1 N–H and O–H groups in total. The van der Waals surface area contributed by atoms with Gasteiger partial charge in [0.15, 0.2) is 0 Å². The molecule has 0 radical (unpaired) electrons. The lowest BCUT2D eigenvalue weighted by Crippen LogP contribution is -2.61. The third kappa shape index (κ3) is 5.50. The lowest BCUT2D eigenvalue weighted by molar-refractivity contribution is -0.141. The van der Waals surface area contributed by atoms with Gasteiger partial charge in [0.1, 0.15) is 17.4 Å². The maximum absolute atomic E-state index is 13.6. The van der Waals surface area contributed by atoms with Gasteiger partial charge in [-0.15, -0.1) is 0 Å². The molecule has 2 aromatic rings. The molecule has 2 aromatic carbocycles. The summed E-state index contributed by atoms with van der Waals surface area (Å²) >= 11 is 6.11. The molecule has 0 aromatic heterocycles. The van der Waals surface area contributed by atoms with Crippen molar-refractivity contribution in [3.05, 3.63) is 64.7 Å². The minimum absolute atomic E-state index is 0.0806. The van der Waals surface area contributed by atoms with Crippen molar-refractivity contribution >= 4 is 17.5 Å². The zero-order valence-electron chi connectivity index (χ0n) is 18.9. The molecular weight excluding hydrogens is 469 g/mol. The van der Waals surface area contributed by atoms with Crippen molar-refractivity contribution in [2.45, 2.75) is 50.0 Å². The minimum Gasteiger partial charge on any atom is -0.489 e. The first-order valence-electron chi connectivity index (χ1n) is 11.4. The van der Waals surface area contributed by atoms with Crippen LogP contribution in [0, 0.1) is 0 Å². The number of hydrogen-bond acceptors (Lipinski definition) is 4. The standard InChI is InChI=1S/C25H28ClF3N2O3/c1-17(18-4-2-6-20(26)14-18)30-23(32)24(9-12-33-13-10-24)31-11-8-22(16-31)34-21-7-3-5-19(15-21)25(27,28)29/h2-7,14-15,17,22H,8-13,16H2,1H3,(H,30,32)/t17?,22-/m1/s1. The Morgan fingerprint density at radius 1 is 1.21 bits per heavy atom. The number of hydrogen-bond donors (Lipinski definition) is 1. The number of benzene rings is 2. The van der Waals surface area contributed by atoms with Gasteiger partial charge in [0.05, 0.1) is 11.6 Å². The number of nitrogens with one attached hydrogen (secondary N) is 1. The zero-order chi connectivity index (χ0) is 24.3. The van der Waals surface area contributed by atoms with E-state index in [1.165, 1.54) is 12.1 Å². The summed E-state index contributed by atoms with van der Waals surface area (Å²) in [5.74, 6) is 0.102. The van der Waals surface area contributed by atoms with Crippen LogP contribution in [0.2, 0.25) is 5.02 Å². The van der Waals surface area contributed by atoms with E-state index in [1.807, 2.05) is 25.1 Å². The van der Waals surface area contributed by atoms with Crippen LogP contribution in [0.4, 0.5) is 13.2 Å². The maximum Gasteiger partial charge on any atom is 0.416 e. The summed E-state index contributed by atoms with van der Waals surface area (Å²) in [6.45, 7) is 3.92. The third-order valence-corrected chi connectivity index (χ3v) is 6.89. The number of halogens is 4. The highest BCUT2D eigenvalue weighted by atomic mass is 35.5. The number of alkyl halides is 3. The van der Waals surface area contributed by atoms with E-state index >= 15 is 0 Å². The molecule has 9 heteroatoms. The molecule has 1 unspecified atom stereocenters. The molecule has 34 heavy (non-hydrogen) atoms. The van der Waals surface area contributed by atoms with Crippen LogP contribution < -0.4 is 10.1 Å². The summed E-state index contributed by atoms with van der Waals surface area (Å²) in [6, 6.07) is 12.1. The van der Waals surface area contributed by atoms with E-state index in [9.17, 15) is 18.0 Å². The molecule has 2 heterocycles. The first kappa shape index (κ1) is 24.8. The molecule has 4 rings (SSSR count). The van der Waals surface area contributed by atoms with Crippen molar-refractivity contribution in [2.24, 2.45) is 0 Å². The Bertz CT molecular complexity index is 1010. The van der Waals surface area contributed by atoms with Crippen LogP contribution in [0.1, 0.15) is 43.4 Å². The van der Waals surface area contributed by atoms with Gasteiger partial charge >= 0.3 is 6.18 Å². The molecule has 0 bridgehead atoms. The number of nitrogens with zero attached hydrogens (tertiary/aromatic N) is 1. The normalized spacial score (nSPS) is 21.7. The Hall–Kier alpha value is -2.29. The van der Waals surface area contributed by atoms with Gasteiger partial charge in [-0.1, -0.05) is 29.8 Å². The first-order valence-corrected chi connectivity index (χ1v) is 11.8. The van der Waals surface area contributed by atoms with E-state index in [0.29, 0.717) is 50.6 Å². The van der Waals surface area contributed by atoms with E-state index in [1.54, 1.807) is 6.07 Å². The summed E-state index contributed by atoms with van der Waals surface area (Å²) in [4.78, 5) is 15.7. The Kier molecular flexibility index (Phi) is 7.40. The number of rotatable bonds is 6. The van der Waals surface area contributed by atoms with Crippen molar-refractivity contribution in [1.82, 2.24) is 10.2 Å². The van der Waals surface area contributed by atoms with Crippen LogP contribution in [0.15, 0.2) is 48.5 Å². The largest absolute Gasteiger partial charge is 0.489 e. The third-order valence-electron chi connectivity index (χ3n) is 6.65. The van der Waals surface area contributed by atoms with Crippen LogP contribution >= 0.6 is 11.6 Å². The quantitative estimate of drug-likeness (QED) is 0.594. The summed E-state index contributed by atoms with van der Waals surface area (Å²) in [5.41, 5.74) is -0.581. The van der Waals surface area contributed by atoms with Gasteiger partial charge in [-0.3, -0.25) is 9.69 Å². The van der Waals surface area contributed by atoms with E-state index in [-0.39, 0.29) is 23.8 Å². The second-order valence-corrected chi connectivity index (χ2v) is 9.33. The van der Waals surface area contributed by atoms with Crippen molar-refractivity contribution in [3.63, 3.8) is 0 Å². The summed E-state index contributed by atoms with van der Waals surface area (Å²) < 4.78 is 50.6. The fourth-order valence-corrected chi connectivity index (χ4v) is 4.94. The number of likely N-dealkylation sites (tertiary alicyclic amines) is 1. The minimum atomic E-state index is -4.43. The molecule has 2 saturated heterocycles. The predicted octanol–water partition coefficient (Wildman–Crippen LogP) is 5.24. The second-order valence-electron chi connectivity index (χ2n) is 8.89. The monoisotopic (exact) mass is 496 g/mol. The topological polar surface area (TPSA) is 50.8 Å². The lowest BCUT2D eigenvalue weighted by atomic mass is 9.86. The van der Waals surface area contributed by atoms with Crippen LogP contribution in [0.3, 0.4) is 0 Å². The van der Waals surface area contributed by atoms with Crippen molar-refractivity contribution in [2.75, 3.05) is 26.3 Å². The van der Waals surface area contributed by atoms with Gasteiger partial charge in [0.25, 0.3) is 0 Å². The van der Waals surface area contributed by atoms with E-state index < -0.39 is 17.3 Å². The Balaban J connectivity index is 1.46. The van der Waals surface area contributed by atoms with Gasteiger partial charge in [0.2, 0.25) is 5.91 Å². The van der Waals surface area contributed by atoms with Gasteiger partial charge < -0.3 is 14.8 Å². The van der Waals surface area contributed by atoms with Gasteiger partial charge in [-0.05, 0) is 62.1 Å². The van der Waals surface area contributed by atoms with E-state index in [2.05, 4.69) is 10.2 Å². The summed E-state index contributed by atoms with van der Waals surface area (Å²) in [7, 11) is 0. The second kappa shape index (κ2) is 10.1. The summed E-state index contributed by atoms with van der Waals surface area (Å²) in [5, 5.41) is 3.74. The number of carbonyl (C=O) groups excluding carboxylic acids is 1. The van der Waals surface area contributed by atoms with Crippen LogP contribution in [0.5, 0.6) is 5.75 Å². The molecule has 5 nitrogen and oxygen atoms in total. The first-order chi connectivity index (χ1) is 16.2. The van der Waals surface area contributed by atoms with Gasteiger partial charge in [0, 0.05) is 31.3 Å². The SMILES string of the molecule is CC(NC(=O)C1(N2CC[C@@H](Oc3cccc(C(F)(F)F)c3)C2)CCOCC1)c1cccc(Cl)c1. The van der Waals surface area contributed by atoms with Crippen LogP contribution in [-0.4, -0.2) is 48.8 Å².